The number of hydrogen-bond acceptors (Lipinski definition) is 3. The molecular weight excluding hydrogens is 258 g/mol. The van der Waals surface area contributed by atoms with E-state index in [9.17, 15) is 9.59 Å². The van der Waals surface area contributed by atoms with Crippen LogP contribution in [0, 0.1) is 0 Å². The molecule has 0 aliphatic heterocycles. The molecule has 0 aliphatic rings. The lowest BCUT2D eigenvalue weighted by Gasteiger charge is -2.22. The fourth-order valence-corrected chi connectivity index (χ4v) is 1.63. The fourth-order valence-electron chi connectivity index (χ4n) is 1.63. The minimum absolute atomic E-state index is 0.362. The zero-order chi connectivity index (χ0) is 15.0. The number of benzene rings is 1. The number of urea groups is 1. The number of nitrogens with zero attached hydrogens (tertiary/aromatic N) is 2. The number of carboxylic acid groups (broad SMARTS) is 1. The summed E-state index contributed by atoms with van der Waals surface area (Å²) in [5.41, 5.74) is 0.566. The maximum absolute atomic E-state index is 12.1. The number of nitrogens with one attached hydrogen (secondary N) is 1. The predicted octanol–water partition coefficient (Wildman–Crippen LogP) is 1.24. The van der Waals surface area contributed by atoms with E-state index in [4.69, 9.17) is 5.11 Å². The Morgan fingerprint density at radius 1 is 1.25 bits per heavy atom. The van der Waals surface area contributed by atoms with Gasteiger partial charge < -0.3 is 15.3 Å². The number of likely N-dealkylation sites (N-methyl/N-ethyl adjacent to an activating group) is 1. The summed E-state index contributed by atoms with van der Waals surface area (Å²) in [5, 5.41) is 11.6. The SMILES string of the molecule is CCN(C)CCNC(=O)N(CC(=O)O)c1ccccc1. The van der Waals surface area contributed by atoms with Crippen LogP contribution in [-0.2, 0) is 4.79 Å². The summed E-state index contributed by atoms with van der Waals surface area (Å²) in [7, 11) is 1.96. The molecule has 1 rings (SSSR count). The lowest BCUT2D eigenvalue weighted by Crippen LogP contribution is -2.45. The summed E-state index contributed by atoms with van der Waals surface area (Å²) >= 11 is 0. The average molecular weight is 279 g/mol. The van der Waals surface area contributed by atoms with E-state index in [0.717, 1.165) is 13.1 Å². The normalized spacial score (nSPS) is 10.3. The van der Waals surface area contributed by atoms with Gasteiger partial charge in [-0.05, 0) is 25.7 Å². The molecule has 6 heteroatoms. The zero-order valence-corrected chi connectivity index (χ0v) is 11.9. The van der Waals surface area contributed by atoms with Crippen molar-refractivity contribution in [3.8, 4) is 0 Å². The summed E-state index contributed by atoms with van der Waals surface area (Å²) in [6, 6.07) is 8.37. The molecule has 0 atom stereocenters. The molecule has 0 aliphatic carbocycles. The monoisotopic (exact) mass is 279 g/mol. The summed E-state index contributed by atoms with van der Waals surface area (Å²) in [5.74, 6) is -1.05. The number of para-hydroxylation sites is 1. The van der Waals surface area contributed by atoms with Crippen molar-refractivity contribution in [1.29, 1.82) is 0 Å². The third-order valence-corrected chi connectivity index (χ3v) is 2.92. The first-order valence-electron chi connectivity index (χ1n) is 6.55. The quantitative estimate of drug-likeness (QED) is 0.787. The molecule has 1 aromatic rings. The summed E-state index contributed by atoms with van der Waals surface area (Å²) in [6.45, 7) is 3.76. The van der Waals surface area contributed by atoms with Gasteiger partial charge in [-0.3, -0.25) is 9.69 Å². The number of amides is 2. The van der Waals surface area contributed by atoms with Crippen LogP contribution < -0.4 is 10.2 Å². The maximum atomic E-state index is 12.1. The van der Waals surface area contributed by atoms with Gasteiger partial charge in [-0.25, -0.2) is 4.79 Å². The highest BCUT2D eigenvalue weighted by Gasteiger charge is 2.18. The van der Waals surface area contributed by atoms with Crippen LogP contribution in [-0.4, -0.2) is 55.2 Å². The molecule has 0 unspecified atom stereocenters. The average Bonchev–Trinajstić information content (AvgIpc) is 2.45. The van der Waals surface area contributed by atoms with E-state index in [1.807, 2.05) is 20.0 Å². The van der Waals surface area contributed by atoms with Crippen LogP contribution in [0.1, 0.15) is 6.92 Å². The van der Waals surface area contributed by atoms with Gasteiger partial charge in [0.05, 0.1) is 0 Å². The van der Waals surface area contributed by atoms with Crippen molar-refractivity contribution >= 4 is 17.7 Å². The fraction of sp³-hybridized carbons (Fsp3) is 0.429. The number of hydrogen-bond donors (Lipinski definition) is 2. The van der Waals surface area contributed by atoms with Gasteiger partial charge in [0.25, 0.3) is 0 Å². The van der Waals surface area contributed by atoms with Gasteiger partial charge in [0, 0.05) is 18.8 Å². The number of carboxylic acids is 1. The highest BCUT2D eigenvalue weighted by atomic mass is 16.4. The van der Waals surface area contributed by atoms with Gasteiger partial charge in [0.15, 0.2) is 0 Å². The van der Waals surface area contributed by atoms with Crippen LogP contribution in [0.25, 0.3) is 0 Å². The van der Waals surface area contributed by atoms with Crippen molar-refractivity contribution in [1.82, 2.24) is 10.2 Å². The number of rotatable bonds is 7. The molecule has 0 heterocycles. The van der Waals surface area contributed by atoms with Crippen LogP contribution in [0.3, 0.4) is 0 Å². The Kier molecular flexibility index (Phi) is 6.52. The number of carbonyl (C=O) groups is 2. The lowest BCUT2D eigenvalue weighted by molar-refractivity contribution is -0.135. The van der Waals surface area contributed by atoms with E-state index in [1.165, 1.54) is 4.90 Å². The molecular formula is C14H21N3O3. The smallest absolute Gasteiger partial charge is 0.323 e. The van der Waals surface area contributed by atoms with E-state index in [0.29, 0.717) is 12.2 Å². The van der Waals surface area contributed by atoms with Gasteiger partial charge in [-0.15, -0.1) is 0 Å². The molecule has 2 N–H and O–H groups in total. The van der Waals surface area contributed by atoms with Crippen molar-refractivity contribution in [2.24, 2.45) is 0 Å². The minimum Gasteiger partial charge on any atom is -0.480 e. The highest BCUT2D eigenvalue weighted by Crippen LogP contribution is 2.12. The standard InChI is InChI=1S/C14H21N3O3/c1-3-16(2)10-9-15-14(20)17(11-13(18)19)12-7-5-4-6-8-12/h4-8H,3,9-11H2,1-2H3,(H,15,20)(H,18,19). The molecule has 2 amide bonds. The lowest BCUT2D eigenvalue weighted by atomic mass is 10.3. The molecule has 0 radical (unpaired) electrons. The molecule has 6 nitrogen and oxygen atoms in total. The Morgan fingerprint density at radius 2 is 1.90 bits per heavy atom. The molecule has 20 heavy (non-hydrogen) atoms. The van der Waals surface area contributed by atoms with Crippen LogP contribution in [0.4, 0.5) is 10.5 Å². The predicted molar refractivity (Wildman–Crippen MR) is 78.0 cm³/mol. The minimum atomic E-state index is -1.05. The summed E-state index contributed by atoms with van der Waals surface area (Å²) in [6.07, 6.45) is 0. The van der Waals surface area contributed by atoms with Crippen LogP contribution in [0.5, 0.6) is 0 Å². The summed E-state index contributed by atoms with van der Waals surface area (Å²) in [4.78, 5) is 26.2. The highest BCUT2D eigenvalue weighted by molar-refractivity contribution is 5.96. The molecule has 0 saturated heterocycles. The molecule has 0 saturated carbocycles. The molecule has 0 spiro atoms. The van der Waals surface area contributed by atoms with E-state index in [1.54, 1.807) is 24.3 Å². The van der Waals surface area contributed by atoms with Crippen molar-refractivity contribution < 1.29 is 14.7 Å². The van der Waals surface area contributed by atoms with E-state index >= 15 is 0 Å². The Hall–Kier alpha value is -2.08. The third kappa shape index (κ3) is 5.27. The Balaban J connectivity index is 2.64. The number of aliphatic carboxylic acids is 1. The van der Waals surface area contributed by atoms with E-state index in [-0.39, 0.29) is 6.54 Å². The van der Waals surface area contributed by atoms with Gasteiger partial charge in [-0.1, -0.05) is 25.1 Å². The van der Waals surface area contributed by atoms with Crippen molar-refractivity contribution in [2.45, 2.75) is 6.92 Å². The first kappa shape index (κ1) is 16.0. The van der Waals surface area contributed by atoms with Crippen LogP contribution >= 0.6 is 0 Å². The molecule has 1 aromatic carbocycles. The van der Waals surface area contributed by atoms with Gasteiger partial charge in [-0.2, -0.15) is 0 Å². The van der Waals surface area contributed by atoms with Crippen molar-refractivity contribution in [2.75, 3.05) is 38.1 Å². The van der Waals surface area contributed by atoms with Crippen molar-refractivity contribution in [3.63, 3.8) is 0 Å². The first-order chi connectivity index (χ1) is 9.54. The molecule has 0 bridgehead atoms. The largest absolute Gasteiger partial charge is 0.480 e. The third-order valence-electron chi connectivity index (χ3n) is 2.92. The Labute approximate surface area is 119 Å². The second-order valence-electron chi connectivity index (χ2n) is 4.44. The zero-order valence-electron chi connectivity index (χ0n) is 11.9. The first-order valence-corrected chi connectivity index (χ1v) is 6.55. The Morgan fingerprint density at radius 3 is 2.45 bits per heavy atom. The Bertz CT molecular complexity index is 437. The van der Waals surface area contributed by atoms with Crippen LogP contribution in [0.15, 0.2) is 30.3 Å². The number of carbonyl (C=O) groups excluding carboxylic acids is 1. The van der Waals surface area contributed by atoms with Crippen LogP contribution in [0.2, 0.25) is 0 Å². The van der Waals surface area contributed by atoms with E-state index in [2.05, 4.69) is 10.2 Å². The second kappa shape index (κ2) is 8.16. The van der Waals surface area contributed by atoms with Gasteiger partial charge >= 0.3 is 12.0 Å². The van der Waals surface area contributed by atoms with E-state index < -0.39 is 12.0 Å². The topological polar surface area (TPSA) is 72.9 Å². The van der Waals surface area contributed by atoms with Gasteiger partial charge in [0.1, 0.15) is 6.54 Å². The molecule has 0 fully saturated rings. The molecule has 110 valence electrons. The summed E-state index contributed by atoms with van der Waals surface area (Å²) < 4.78 is 0. The maximum Gasteiger partial charge on any atom is 0.323 e. The van der Waals surface area contributed by atoms with Gasteiger partial charge in [0.2, 0.25) is 0 Å². The number of anilines is 1. The van der Waals surface area contributed by atoms with Crippen molar-refractivity contribution in [3.05, 3.63) is 30.3 Å². The second-order valence-corrected chi connectivity index (χ2v) is 4.44. The molecule has 0 aromatic heterocycles.